The quantitative estimate of drug-likeness (QED) is 0.865. The van der Waals surface area contributed by atoms with Crippen molar-refractivity contribution >= 4 is 28.5 Å². The molecule has 0 saturated carbocycles. The monoisotopic (exact) mass is 281 g/mol. The lowest BCUT2D eigenvalue weighted by molar-refractivity contribution is -0.138. The predicted molar refractivity (Wildman–Crippen MR) is 72.2 cm³/mol. The topological polar surface area (TPSA) is 58.9 Å². The number of esters is 1. The maximum atomic E-state index is 12.8. The van der Waals surface area contributed by atoms with Gasteiger partial charge >= 0.3 is 5.97 Å². The van der Waals surface area contributed by atoms with Crippen molar-refractivity contribution in [3.63, 3.8) is 0 Å². The van der Waals surface area contributed by atoms with Gasteiger partial charge in [-0.25, -0.2) is 14.2 Å². The zero-order valence-electron chi connectivity index (χ0n) is 10.2. The van der Waals surface area contributed by atoms with E-state index in [1.165, 1.54) is 36.0 Å². The number of nitrogens with zero attached hydrogens (tertiary/aromatic N) is 1. The highest BCUT2D eigenvalue weighted by atomic mass is 32.2. The van der Waals surface area contributed by atoms with Crippen molar-refractivity contribution < 1.29 is 19.0 Å². The Morgan fingerprint density at radius 1 is 1.47 bits per heavy atom. The van der Waals surface area contributed by atoms with E-state index < -0.39 is 5.97 Å². The molecule has 6 heteroatoms. The molecule has 0 fully saturated rings. The Morgan fingerprint density at radius 3 is 2.79 bits per heavy atom. The third kappa shape index (κ3) is 3.14. The van der Waals surface area contributed by atoms with Crippen LogP contribution in [0.3, 0.4) is 0 Å². The van der Waals surface area contributed by atoms with Crippen molar-refractivity contribution in [1.29, 1.82) is 0 Å². The van der Waals surface area contributed by atoms with Crippen molar-refractivity contribution in [3.05, 3.63) is 41.4 Å². The van der Waals surface area contributed by atoms with E-state index in [9.17, 15) is 14.3 Å². The number of rotatable bonds is 3. The van der Waals surface area contributed by atoms with E-state index in [0.717, 1.165) is 0 Å². The summed E-state index contributed by atoms with van der Waals surface area (Å²) in [6.45, 7) is 1.92. The van der Waals surface area contributed by atoms with E-state index in [2.05, 4.69) is 4.99 Å². The molecule has 1 N–H and O–H groups in total. The predicted octanol–water partition coefficient (Wildman–Crippen LogP) is 2.98. The average Bonchev–Trinajstić information content (AvgIpc) is 2.74. The molecule has 19 heavy (non-hydrogen) atoms. The van der Waals surface area contributed by atoms with Gasteiger partial charge in [-0.2, -0.15) is 0 Å². The molecule has 0 saturated heterocycles. The van der Waals surface area contributed by atoms with Crippen molar-refractivity contribution in [2.75, 3.05) is 12.4 Å². The number of ether oxygens (including phenoxy) is 1. The van der Waals surface area contributed by atoms with Gasteiger partial charge < -0.3 is 9.84 Å². The molecule has 100 valence electrons. The Labute approximate surface area is 114 Å². The van der Waals surface area contributed by atoms with Gasteiger partial charge in [0.25, 0.3) is 0 Å². The van der Waals surface area contributed by atoms with Gasteiger partial charge in [0.15, 0.2) is 0 Å². The summed E-state index contributed by atoms with van der Waals surface area (Å²) in [5.74, 6) is -0.698. The van der Waals surface area contributed by atoms with E-state index in [1.54, 1.807) is 6.92 Å². The Balaban J connectivity index is 2.29. The fourth-order valence-corrected chi connectivity index (χ4v) is 2.47. The molecule has 2 rings (SSSR count). The van der Waals surface area contributed by atoms with Crippen molar-refractivity contribution in [2.24, 2.45) is 4.99 Å². The highest BCUT2D eigenvalue weighted by molar-refractivity contribution is 8.15. The molecule has 0 aliphatic carbocycles. The van der Waals surface area contributed by atoms with Crippen molar-refractivity contribution in [1.82, 2.24) is 0 Å². The largest absolute Gasteiger partial charge is 0.510 e. The first kappa shape index (κ1) is 13.6. The second-order valence-electron chi connectivity index (χ2n) is 3.72. The molecular weight excluding hydrogens is 269 g/mol. The van der Waals surface area contributed by atoms with E-state index in [-0.39, 0.29) is 29.5 Å². The fraction of sp³-hybridized carbons (Fsp3) is 0.231. The molecular formula is C13H12FNO3S. The summed E-state index contributed by atoms with van der Waals surface area (Å²) in [6.07, 6.45) is 0. The molecule has 0 amide bonds. The number of hydrogen-bond acceptors (Lipinski definition) is 5. The number of aliphatic hydroxyl groups excluding tert-OH is 1. The van der Waals surface area contributed by atoms with Crippen LogP contribution in [0.5, 0.6) is 0 Å². The summed E-state index contributed by atoms with van der Waals surface area (Å²) in [7, 11) is 0. The summed E-state index contributed by atoms with van der Waals surface area (Å²) < 4.78 is 17.7. The smallest absolute Gasteiger partial charge is 0.344 e. The lowest BCUT2D eigenvalue weighted by Crippen LogP contribution is -2.12. The highest BCUT2D eigenvalue weighted by Gasteiger charge is 2.29. The zero-order chi connectivity index (χ0) is 13.8. The van der Waals surface area contributed by atoms with Crippen LogP contribution in [0.4, 0.5) is 10.1 Å². The van der Waals surface area contributed by atoms with Gasteiger partial charge in [0.1, 0.15) is 22.2 Å². The maximum Gasteiger partial charge on any atom is 0.344 e. The van der Waals surface area contributed by atoms with E-state index in [1.807, 2.05) is 0 Å². The summed E-state index contributed by atoms with van der Waals surface area (Å²) in [6, 6.07) is 5.57. The fourth-order valence-electron chi connectivity index (χ4n) is 1.53. The number of thioether (sulfide) groups is 1. The van der Waals surface area contributed by atoms with Crippen LogP contribution < -0.4 is 0 Å². The summed E-state index contributed by atoms with van der Waals surface area (Å²) in [4.78, 5) is 15.9. The normalized spacial score (nSPS) is 17.1. The Bertz CT molecular complexity index is 552. The summed E-state index contributed by atoms with van der Waals surface area (Å²) >= 11 is 1.24. The van der Waals surface area contributed by atoms with Crippen LogP contribution in [0, 0.1) is 5.82 Å². The van der Waals surface area contributed by atoms with Gasteiger partial charge in [-0.15, -0.1) is 0 Å². The van der Waals surface area contributed by atoms with Crippen LogP contribution in [0.1, 0.15) is 6.92 Å². The first-order valence-corrected chi connectivity index (χ1v) is 6.67. The zero-order valence-corrected chi connectivity index (χ0v) is 11.0. The van der Waals surface area contributed by atoms with E-state index in [0.29, 0.717) is 10.7 Å². The SMILES string of the molecule is CCOC(=O)C1=C(O)CSC1=Nc1ccc(F)cc1. The maximum absolute atomic E-state index is 12.8. The molecule has 0 spiro atoms. The second-order valence-corrected chi connectivity index (χ2v) is 4.69. The molecule has 1 aliphatic rings. The molecule has 0 unspecified atom stereocenters. The lowest BCUT2D eigenvalue weighted by atomic mass is 10.2. The summed E-state index contributed by atoms with van der Waals surface area (Å²) in [5, 5.41) is 10.1. The van der Waals surface area contributed by atoms with Crippen molar-refractivity contribution in [2.45, 2.75) is 6.92 Å². The molecule has 1 aromatic rings. The highest BCUT2D eigenvalue weighted by Crippen LogP contribution is 2.29. The van der Waals surface area contributed by atoms with Gasteiger partial charge in [0.2, 0.25) is 0 Å². The number of aliphatic imine (C=N–C) groups is 1. The van der Waals surface area contributed by atoms with E-state index in [4.69, 9.17) is 4.74 Å². The van der Waals surface area contributed by atoms with Crippen molar-refractivity contribution in [3.8, 4) is 0 Å². The van der Waals surface area contributed by atoms with Crippen LogP contribution in [0.2, 0.25) is 0 Å². The standard InChI is InChI=1S/C13H12FNO3S/c1-2-18-13(17)11-10(16)7-19-12(11)15-9-5-3-8(14)4-6-9/h3-6,16H,2,7H2,1H3. The molecule has 1 aliphatic heterocycles. The first-order chi connectivity index (χ1) is 9.11. The number of hydrogen-bond donors (Lipinski definition) is 1. The number of halogens is 1. The molecule has 1 heterocycles. The summed E-state index contributed by atoms with van der Waals surface area (Å²) in [5.41, 5.74) is 0.608. The van der Waals surface area contributed by atoms with Gasteiger partial charge in [-0.1, -0.05) is 11.8 Å². The van der Waals surface area contributed by atoms with Gasteiger partial charge in [-0.3, -0.25) is 0 Å². The molecule has 0 atom stereocenters. The third-order valence-electron chi connectivity index (χ3n) is 2.38. The minimum atomic E-state index is -0.592. The minimum absolute atomic E-state index is 0.0377. The molecule has 4 nitrogen and oxygen atoms in total. The third-order valence-corrected chi connectivity index (χ3v) is 3.37. The molecule has 0 bridgehead atoms. The molecule has 1 aromatic carbocycles. The Hall–Kier alpha value is -1.82. The van der Waals surface area contributed by atoms with Crippen LogP contribution in [-0.2, 0) is 9.53 Å². The van der Waals surface area contributed by atoms with E-state index >= 15 is 0 Å². The molecule has 0 aromatic heterocycles. The van der Waals surface area contributed by atoms with Gasteiger partial charge in [0.05, 0.1) is 18.0 Å². The number of carbonyl (C=O) groups excluding carboxylic acids is 1. The molecule has 0 radical (unpaired) electrons. The number of carbonyl (C=O) groups is 1. The first-order valence-electron chi connectivity index (χ1n) is 5.68. The minimum Gasteiger partial charge on any atom is -0.510 e. The van der Waals surface area contributed by atoms with Gasteiger partial charge in [0, 0.05) is 0 Å². The Morgan fingerprint density at radius 2 is 2.16 bits per heavy atom. The van der Waals surface area contributed by atoms with Crippen LogP contribution >= 0.6 is 11.8 Å². The van der Waals surface area contributed by atoms with Gasteiger partial charge in [-0.05, 0) is 31.2 Å². The number of benzene rings is 1. The lowest BCUT2D eigenvalue weighted by Gasteiger charge is -2.04. The average molecular weight is 281 g/mol. The van der Waals surface area contributed by atoms with Crippen LogP contribution in [0.15, 0.2) is 40.6 Å². The van der Waals surface area contributed by atoms with Crippen LogP contribution in [0.25, 0.3) is 0 Å². The number of aliphatic hydroxyl groups is 1. The second kappa shape index (κ2) is 5.88. The van der Waals surface area contributed by atoms with Crippen LogP contribution in [-0.4, -0.2) is 28.5 Å². The Kier molecular flexibility index (Phi) is 4.21.